The molecule has 90 valence electrons. The second-order valence-corrected chi connectivity index (χ2v) is 4.98. The first-order valence-electron chi connectivity index (χ1n) is 4.88. The van der Waals surface area contributed by atoms with Crippen LogP contribution in [0.1, 0.15) is 12.0 Å². The summed E-state index contributed by atoms with van der Waals surface area (Å²) in [5.74, 6) is -0.568. The van der Waals surface area contributed by atoms with Gasteiger partial charge in [0, 0.05) is 12.1 Å². The topological polar surface area (TPSA) is 66.4 Å². The van der Waals surface area contributed by atoms with Gasteiger partial charge in [-0.2, -0.15) is 8.42 Å². The minimum absolute atomic E-state index is 0.280. The fourth-order valence-electron chi connectivity index (χ4n) is 1.24. The van der Waals surface area contributed by atoms with Crippen molar-refractivity contribution in [1.82, 2.24) is 5.32 Å². The fraction of sp³-hybridized carbons (Fsp3) is 0.400. The van der Waals surface area contributed by atoms with Gasteiger partial charge in [0.1, 0.15) is 5.82 Å². The summed E-state index contributed by atoms with van der Waals surface area (Å²) >= 11 is 0. The molecule has 0 amide bonds. The molecule has 1 aromatic rings. The zero-order valence-corrected chi connectivity index (χ0v) is 9.50. The van der Waals surface area contributed by atoms with Crippen molar-refractivity contribution in [2.45, 2.75) is 13.0 Å². The molecule has 0 saturated carbocycles. The molecule has 16 heavy (non-hydrogen) atoms. The Hall–Kier alpha value is -0.980. The summed E-state index contributed by atoms with van der Waals surface area (Å²) in [6, 6.07) is 6.37. The van der Waals surface area contributed by atoms with Crippen molar-refractivity contribution in [2.75, 3.05) is 12.3 Å². The van der Waals surface area contributed by atoms with Crippen molar-refractivity contribution in [2.24, 2.45) is 0 Å². The van der Waals surface area contributed by atoms with Crippen LogP contribution in [-0.4, -0.2) is 25.3 Å². The van der Waals surface area contributed by atoms with E-state index in [0.717, 1.165) is 0 Å². The molecule has 0 radical (unpaired) electrons. The Morgan fingerprint density at radius 2 is 2.00 bits per heavy atom. The summed E-state index contributed by atoms with van der Waals surface area (Å²) in [4.78, 5) is 0. The molecular weight excluding hydrogens is 233 g/mol. The third-order valence-corrected chi connectivity index (χ3v) is 2.83. The minimum atomic E-state index is -3.89. The largest absolute Gasteiger partial charge is 0.313 e. The van der Waals surface area contributed by atoms with Gasteiger partial charge >= 0.3 is 0 Å². The summed E-state index contributed by atoms with van der Waals surface area (Å²) in [6.07, 6.45) is 0.299. The molecule has 6 heteroatoms. The first-order valence-corrected chi connectivity index (χ1v) is 6.49. The van der Waals surface area contributed by atoms with Crippen LogP contribution in [0.15, 0.2) is 24.3 Å². The molecule has 0 aliphatic rings. The van der Waals surface area contributed by atoms with Gasteiger partial charge < -0.3 is 5.32 Å². The molecule has 2 N–H and O–H groups in total. The van der Waals surface area contributed by atoms with Crippen LogP contribution in [0.3, 0.4) is 0 Å². The van der Waals surface area contributed by atoms with Crippen molar-refractivity contribution in [3.05, 3.63) is 35.6 Å². The Morgan fingerprint density at radius 3 is 2.62 bits per heavy atom. The zero-order chi connectivity index (χ0) is 12.0. The molecule has 0 bridgehead atoms. The van der Waals surface area contributed by atoms with Crippen molar-refractivity contribution in [1.29, 1.82) is 0 Å². The Balaban J connectivity index is 2.24. The molecule has 0 heterocycles. The highest BCUT2D eigenvalue weighted by Gasteiger charge is 2.03. The average molecular weight is 247 g/mol. The number of hydrogen-bond acceptors (Lipinski definition) is 3. The SMILES string of the molecule is O=S(=O)(O)CCCNCc1ccccc1F. The van der Waals surface area contributed by atoms with Gasteiger partial charge in [-0.3, -0.25) is 4.55 Å². The van der Waals surface area contributed by atoms with E-state index in [1.807, 2.05) is 0 Å². The molecule has 0 spiro atoms. The lowest BCUT2D eigenvalue weighted by Gasteiger charge is -2.04. The second-order valence-electron chi connectivity index (χ2n) is 3.41. The van der Waals surface area contributed by atoms with Gasteiger partial charge in [0.2, 0.25) is 0 Å². The molecule has 0 unspecified atom stereocenters. The number of rotatable bonds is 6. The summed E-state index contributed by atoms with van der Waals surface area (Å²) in [5, 5.41) is 2.90. The molecule has 0 saturated heterocycles. The van der Waals surface area contributed by atoms with Gasteiger partial charge in [-0.05, 0) is 19.0 Å². The second kappa shape index (κ2) is 5.93. The maximum atomic E-state index is 13.1. The smallest absolute Gasteiger partial charge is 0.264 e. The molecule has 0 fully saturated rings. The van der Waals surface area contributed by atoms with Crippen LogP contribution in [0.5, 0.6) is 0 Å². The van der Waals surface area contributed by atoms with E-state index in [4.69, 9.17) is 4.55 Å². The third kappa shape index (κ3) is 5.20. The van der Waals surface area contributed by atoms with E-state index in [-0.39, 0.29) is 11.6 Å². The summed E-state index contributed by atoms with van der Waals surface area (Å²) in [5.41, 5.74) is 0.536. The highest BCUT2D eigenvalue weighted by atomic mass is 32.2. The standard InChI is InChI=1S/C10H14FNO3S/c11-10-5-2-1-4-9(10)8-12-6-3-7-16(13,14)15/h1-2,4-5,12H,3,6-8H2,(H,13,14,15). The van der Waals surface area contributed by atoms with Crippen LogP contribution in [0.4, 0.5) is 4.39 Å². The van der Waals surface area contributed by atoms with Gasteiger partial charge in [-0.15, -0.1) is 0 Å². The maximum Gasteiger partial charge on any atom is 0.264 e. The molecule has 0 aliphatic heterocycles. The first-order chi connectivity index (χ1) is 7.49. The van der Waals surface area contributed by atoms with Crippen molar-refractivity contribution in [3.8, 4) is 0 Å². The normalized spacial score (nSPS) is 11.6. The molecule has 0 aliphatic carbocycles. The van der Waals surface area contributed by atoms with Crippen molar-refractivity contribution >= 4 is 10.1 Å². The van der Waals surface area contributed by atoms with Crippen LogP contribution >= 0.6 is 0 Å². The van der Waals surface area contributed by atoms with E-state index in [1.54, 1.807) is 18.2 Å². The molecule has 0 atom stereocenters. The first kappa shape index (κ1) is 13.1. The lowest BCUT2D eigenvalue weighted by atomic mass is 10.2. The number of hydrogen-bond donors (Lipinski definition) is 2. The van der Waals surface area contributed by atoms with Crippen LogP contribution in [0.2, 0.25) is 0 Å². The van der Waals surface area contributed by atoms with E-state index in [1.165, 1.54) is 6.07 Å². The van der Waals surface area contributed by atoms with E-state index in [9.17, 15) is 12.8 Å². The van der Waals surface area contributed by atoms with Gasteiger partial charge in [0.25, 0.3) is 10.1 Å². The molecule has 4 nitrogen and oxygen atoms in total. The molecule has 1 aromatic carbocycles. The number of benzene rings is 1. The lowest BCUT2D eigenvalue weighted by molar-refractivity contribution is 0.479. The van der Waals surface area contributed by atoms with Crippen LogP contribution in [0.25, 0.3) is 0 Å². The van der Waals surface area contributed by atoms with Gasteiger partial charge in [0.05, 0.1) is 5.75 Å². The highest BCUT2D eigenvalue weighted by Crippen LogP contribution is 2.05. The maximum absolute atomic E-state index is 13.1. The number of halogens is 1. The van der Waals surface area contributed by atoms with Crippen molar-refractivity contribution < 1.29 is 17.4 Å². The minimum Gasteiger partial charge on any atom is -0.313 e. The van der Waals surface area contributed by atoms with Crippen molar-refractivity contribution in [3.63, 3.8) is 0 Å². The van der Waals surface area contributed by atoms with Crippen LogP contribution in [-0.2, 0) is 16.7 Å². The van der Waals surface area contributed by atoms with Crippen LogP contribution in [0, 0.1) is 5.82 Å². The Kier molecular flexibility index (Phi) is 4.85. The quantitative estimate of drug-likeness (QED) is 0.585. The van der Waals surface area contributed by atoms with Gasteiger partial charge in [-0.1, -0.05) is 18.2 Å². The summed E-state index contributed by atoms with van der Waals surface area (Å²) < 4.78 is 42.3. The molecular formula is C10H14FNO3S. The zero-order valence-electron chi connectivity index (χ0n) is 8.69. The van der Waals surface area contributed by atoms with Gasteiger partial charge in [0.15, 0.2) is 0 Å². The highest BCUT2D eigenvalue weighted by molar-refractivity contribution is 7.85. The predicted molar refractivity (Wildman–Crippen MR) is 59.1 cm³/mol. The van der Waals surface area contributed by atoms with Crippen LogP contribution < -0.4 is 5.32 Å². The number of nitrogens with one attached hydrogen (secondary N) is 1. The Morgan fingerprint density at radius 1 is 1.31 bits per heavy atom. The monoisotopic (exact) mass is 247 g/mol. The Labute approximate surface area is 94.2 Å². The van der Waals surface area contributed by atoms with Gasteiger partial charge in [-0.25, -0.2) is 4.39 Å². The molecule has 1 rings (SSSR count). The van der Waals surface area contributed by atoms with E-state index < -0.39 is 10.1 Å². The average Bonchev–Trinajstić information content (AvgIpc) is 2.18. The summed E-state index contributed by atoms with van der Waals surface area (Å²) in [6.45, 7) is 0.756. The third-order valence-electron chi connectivity index (χ3n) is 2.03. The fourth-order valence-corrected chi connectivity index (χ4v) is 1.75. The predicted octanol–water partition coefficient (Wildman–Crippen LogP) is 1.19. The van der Waals surface area contributed by atoms with E-state index >= 15 is 0 Å². The van der Waals surface area contributed by atoms with E-state index in [0.29, 0.717) is 25.1 Å². The molecule has 0 aromatic heterocycles. The summed E-state index contributed by atoms with van der Waals surface area (Å²) in [7, 11) is -3.89. The Bertz CT molecular complexity index is 433. The lowest BCUT2D eigenvalue weighted by Crippen LogP contribution is -2.18. The van der Waals surface area contributed by atoms with E-state index in [2.05, 4.69) is 5.32 Å².